The summed E-state index contributed by atoms with van der Waals surface area (Å²) in [6.45, 7) is 0.859. The summed E-state index contributed by atoms with van der Waals surface area (Å²) in [6.07, 6.45) is 5.10. The van der Waals surface area contributed by atoms with Crippen molar-refractivity contribution in [2.24, 2.45) is 0 Å². The molecule has 2 N–H and O–H groups in total. The molecule has 0 saturated heterocycles. The van der Waals surface area contributed by atoms with Crippen LogP contribution in [0.25, 0.3) is 6.08 Å². The largest absolute Gasteiger partial charge is 0.507 e. The number of carbonyl (C=O) groups excluding carboxylic acids is 1. The molecule has 0 spiro atoms. The van der Waals surface area contributed by atoms with Gasteiger partial charge in [-0.1, -0.05) is 23.8 Å². The van der Waals surface area contributed by atoms with Crippen LogP contribution >= 0.6 is 11.6 Å². The predicted octanol–water partition coefficient (Wildman–Crippen LogP) is 2.48. The van der Waals surface area contributed by atoms with Gasteiger partial charge in [-0.3, -0.25) is 4.79 Å². The van der Waals surface area contributed by atoms with E-state index in [0.29, 0.717) is 16.9 Å². The van der Waals surface area contributed by atoms with Gasteiger partial charge in [0.1, 0.15) is 5.75 Å². The minimum atomic E-state index is -0.0277. The van der Waals surface area contributed by atoms with Gasteiger partial charge in [-0.05, 0) is 32.1 Å². The number of hydrogen-bond donors (Lipinski definition) is 2. The van der Waals surface area contributed by atoms with Crippen molar-refractivity contribution in [3.63, 3.8) is 0 Å². The van der Waals surface area contributed by atoms with E-state index in [1.54, 1.807) is 12.1 Å². The van der Waals surface area contributed by atoms with Gasteiger partial charge in [-0.2, -0.15) is 0 Å². The van der Waals surface area contributed by atoms with Crippen LogP contribution in [0.1, 0.15) is 22.3 Å². The molecule has 0 atom stereocenters. The summed E-state index contributed by atoms with van der Waals surface area (Å²) in [7, 11) is 1.87. The van der Waals surface area contributed by atoms with E-state index in [4.69, 9.17) is 11.6 Å². The van der Waals surface area contributed by atoms with Crippen LogP contribution in [0.5, 0.6) is 5.75 Å². The lowest BCUT2D eigenvalue weighted by Gasteiger charge is -2.03. The van der Waals surface area contributed by atoms with E-state index >= 15 is 0 Å². The highest BCUT2D eigenvalue weighted by atomic mass is 35.5. The quantitative estimate of drug-likeness (QED) is 0.613. The van der Waals surface area contributed by atoms with Gasteiger partial charge in [0, 0.05) is 10.6 Å². The van der Waals surface area contributed by atoms with E-state index in [2.05, 4.69) is 5.32 Å². The molecule has 0 unspecified atom stereocenters. The molecule has 0 aliphatic heterocycles. The van der Waals surface area contributed by atoms with Crippen LogP contribution in [0.2, 0.25) is 5.02 Å². The Labute approximate surface area is 99.7 Å². The molecule has 0 aliphatic carbocycles. The number of hydrogen-bond acceptors (Lipinski definition) is 3. The van der Waals surface area contributed by atoms with Crippen molar-refractivity contribution >= 4 is 24.0 Å². The Morgan fingerprint density at radius 3 is 2.75 bits per heavy atom. The summed E-state index contributed by atoms with van der Waals surface area (Å²) < 4.78 is 0. The zero-order valence-corrected chi connectivity index (χ0v) is 9.79. The van der Waals surface area contributed by atoms with Crippen molar-refractivity contribution in [3.05, 3.63) is 34.4 Å². The monoisotopic (exact) mass is 239 g/mol. The molecule has 0 heterocycles. The van der Waals surface area contributed by atoms with Crippen molar-refractivity contribution in [1.82, 2.24) is 5.32 Å². The van der Waals surface area contributed by atoms with E-state index in [1.807, 2.05) is 13.1 Å². The first-order valence-electron chi connectivity index (χ1n) is 4.98. The fourth-order valence-electron chi connectivity index (χ4n) is 1.30. The molecule has 0 fully saturated rings. The molecule has 0 saturated carbocycles. The lowest BCUT2D eigenvalue weighted by molar-refractivity contribution is 0.112. The third-order valence-corrected chi connectivity index (χ3v) is 2.34. The number of phenols is 1. The van der Waals surface area contributed by atoms with Crippen LogP contribution in [0, 0.1) is 0 Å². The van der Waals surface area contributed by atoms with E-state index in [1.165, 1.54) is 6.07 Å². The number of aromatic hydroxyl groups is 1. The average Bonchev–Trinajstić information content (AvgIpc) is 2.28. The second-order valence-electron chi connectivity index (χ2n) is 3.35. The first kappa shape index (κ1) is 12.7. The first-order chi connectivity index (χ1) is 7.69. The highest BCUT2D eigenvalue weighted by Gasteiger charge is 2.06. The van der Waals surface area contributed by atoms with E-state index < -0.39 is 0 Å². The van der Waals surface area contributed by atoms with Crippen molar-refractivity contribution in [3.8, 4) is 5.75 Å². The topological polar surface area (TPSA) is 49.3 Å². The van der Waals surface area contributed by atoms with E-state index in [9.17, 15) is 9.90 Å². The maximum absolute atomic E-state index is 10.7. The Bertz CT molecular complexity index is 402. The Kier molecular flexibility index (Phi) is 5.02. The molecule has 4 heteroatoms. The Morgan fingerprint density at radius 1 is 1.44 bits per heavy atom. The minimum Gasteiger partial charge on any atom is -0.507 e. The van der Waals surface area contributed by atoms with Gasteiger partial charge in [0.15, 0.2) is 6.29 Å². The van der Waals surface area contributed by atoms with E-state index in [-0.39, 0.29) is 11.3 Å². The van der Waals surface area contributed by atoms with E-state index in [0.717, 1.165) is 13.0 Å². The van der Waals surface area contributed by atoms with Crippen molar-refractivity contribution in [2.75, 3.05) is 13.6 Å². The highest BCUT2D eigenvalue weighted by Crippen LogP contribution is 2.27. The summed E-state index contributed by atoms with van der Waals surface area (Å²) in [4.78, 5) is 10.7. The van der Waals surface area contributed by atoms with Gasteiger partial charge in [-0.15, -0.1) is 0 Å². The summed E-state index contributed by atoms with van der Waals surface area (Å²) in [6, 6.07) is 3.06. The second kappa shape index (κ2) is 6.30. The first-order valence-corrected chi connectivity index (χ1v) is 5.35. The standard InChI is InChI=1S/C12H14ClNO2/c1-14-5-3-2-4-9-6-11(13)7-10(8-15)12(9)16/h2,4,6-8,14,16H,3,5H2,1H3. The molecular weight excluding hydrogens is 226 g/mol. The van der Waals surface area contributed by atoms with Gasteiger partial charge in [-0.25, -0.2) is 0 Å². The van der Waals surface area contributed by atoms with Gasteiger partial charge < -0.3 is 10.4 Å². The molecule has 16 heavy (non-hydrogen) atoms. The van der Waals surface area contributed by atoms with Gasteiger partial charge in [0.2, 0.25) is 0 Å². The maximum Gasteiger partial charge on any atom is 0.153 e. The molecule has 86 valence electrons. The Balaban J connectivity index is 2.90. The van der Waals surface area contributed by atoms with Gasteiger partial charge in [0.05, 0.1) is 5.56 Å². The van der Waals surface area contributed by atoms with Crippen LogP contribution in [-0.4, -0.2) is 25.0 Å². The number of carbonyl (C=O) groups is 1. The third kappa shape index (κ3) is 3.36. The predicted molar refractivity (Wildman–Crippen MR) is 66.1 cm³/mol. The van der Waals surface area contributed by atoms with Crippen LogP contribution in [-0.2, 0) is 0 Å². The lowest BCUT2D eigenvalue weighted by atomic mass is 10.1. The third-order valence-electron chi connectivity index (χ3n) is 2.12. The summed E-state index contributed by atoms with van der Waals surface area (Å²) in [5.41, 5.74) is 0.770. The molecule has 1 aromatic rings. The Morgan fingerprint density at radius 2 is 2.12 bits per heavy atom. The smallest absolute Gasteiger partial charge is 0.153 e. The molecule has 0 radical (unpaired) electrons. The molecule has 0 amide bonds. The lowest BCUT2D eigenvalue weighted by Crippen LogP contribution is -2.05. The van der Waals surface area contributed by atoms with Crippen molar-refractivity contribution in [1.29, 1.82) is 0 Å². The van der Waals surface area contributed by atoms with Gasteiger partial charge in [0.25, 0.3) is 0 Å². The summed E-state index contributed by atoms with van der Waals surface area (Å²) in [5, 5.41) is 13.2. The maximum atomic E-state index is 10.7. The van der Waals surface area contributed by atoms with Crippen molar-refractivity contribution < 1.29 is 9.90 Å². The number of rotatable bonds is 5. The average molecular weight is 240 g/mol. The molecule has 1 rings (SSSR count). The summed E-state index contributed by atoms with van der Waals surface area (Å²) >= 11 is 5.82. The number of nitrogens with one attached hydrogen (secondary N) is 1. The highest BCUT2D eigenvalue weighted by molar-refractivity contribution is 6.31. The number of halogens is 1. The molecule has 3 nitrogen and oxygen atoms in total. The minimum absolute atomic E-state index is 0.0277. The van der Waals surface area contributed by atoms with Crippen molar-refractivity contribution in [2.45, 2.75) is 6.42 Å². The Hall–Kier alpha value is -1.32. The normalized spacial score (nSPS) is 10.9. The summed E-state index contributed by atoms with van der Waals surface area (Å²) in [5.74, 6) is -0.0277. The molecule has 0 aromatic heterocycles. The number of benzene rings is 1. The molecular formula is C12H14ClNO2. The molecule has 0 bridgehead atoms. The van der Waals surface area contributed by atoms with Crippen LogP contribution in [0.3, 0.4) is 0 Å². The number of phenolic OH excluding ortho intramolecular Hbond substituents is 1. The molecule has 0 aliphatic rings. The zero-order chi connectivity index (χ0) is 12.0. The fraction of sp³-hybridized carbons (Fsp3) is 0.250. The van der Waals surface area contributed by atoms with Crippen LogP contribution in [0.4, 0.5) is 0 Å². The molecule has 1 aromatic carbocycles. The second-order valence-corrected chi connectivity index (χ2v) is 3.78. The zero-order valence-electron chi connectivity index (χ0n) is 9.03. The SMILES string of the molecule is CNCCC=Cc1cc(Cl)cc(C=O)c1O. The fourth-order valence-corrected chi connectivity index (χ4v) is 1.53. The van der Waals surface area contributed by atoms with Crippen LogP contribution in [0.15, 0.2) is 18.2 Å². The van der Waals surface area contributed by atoms with Gasteiger partial charge >= 0.3 is 0 Å². The number of aldehydes is 1. The van der Waals surface area contributed by atoms with Crippen LogP contribution < -0.4 is 5.32 Å².